The number of amides is 1. The van der Waals surface area contributed by atoms with Crippen LogP contribution in [0.3, 0.4) is 0 Å². The number of benzene rings is 2. The maximum atomic E-state index is 13.8. The molecule has 3 aromatic rings. The van der Waals surface area contributed by atoms with Gasteiger partial charge < -0.3 is 9.88 Å². The van der Waals surface area contributed by atoms with Gasteiger partial charge in [0.15, 0.2) is 5.82 Å². The van der Waals surface area contributed by atoms with Gasteiger partial charge in [-0.25, -0.2) is 4.39 Å². The Kier molecular flexibility index (Phi) is 5.56. The van der Waals surface area contributed by atoms with Gasteiger partial charge in [-0.1, -0.05) is 41.8 Å². The molecule has 0 unspecified atom stereocenters. The van der Waals surface area contributed by atoms with Gasteiger partial charge in [-0.05, 0) is 43.5 Å². The summed E-state index contributed by atoms with van der Waals surface area (Å²) in [6.45, 7) is 2.76. The summed E-state index contributed by atoms with van der Waals surface area (Å²) in [6, 6.07) is 7.99. The monoisotopic (exact) mass is 432 g/mol. The van der Waals surface area contributed by atoms with Crippen molar-refractivity contribution in [3.63, 3.8) is 0 Å². The van der Waals surface area contributed by atoms with Crippen LogP contribution in [0.5, 0.6) is 0 Å². The molecular weight excluding hydrogens is 414 g/mol. The predicted octanol–water partition coefficient (Wildman–Crippen LogP) is 5.68. The summed E-state index contributed by atoms with van der Waals surface area (Å²) in [6.07, 6.45) is 4.30. The molecule has 1 amide bonds. The van der Waals surface area contributed by atoms with Crippen LogP contribution in [-0.2, 0) is 13.0 Å². The molecule has 0 spiro atoms. The van der Waals surface area contributed by atoms with E-state index in [1.165, 1.54) is 12.5 Å². The molecule has 0 radical (unpaired) electrons. The Morgan fingerprint density at radius 3 is 2.76 bits per heavy atom. The van der Waals surface area contributed by atoms with Gasteiger partial charge in [-0.3, -0.25) is 4.79 Å². The summed E-state index contributed by atoms with van der Waals surface area (Å²) < 4.78 is 15.9. The first-order valence-corrected chi connectivity index (χ1v) is 10.2. The van der Waals surface area contributed by atoms with E-state index < -0.39 is 11.7 Å². The summed E-state index contributed by atoms with van der Waals surface area (Å²) in [7, 11) is 0. The minimum atomic E-state index is -0.696. The number of aromatic nitrogens is 3. The van der Waals surface area contributed by atoms with Crippen LogP contribution < -0.4 is 5.32 Å². The molecule has 0 fully saturated rings. The smallest absolute Gasteiger partial charge is 0.257 e. The van der Waals surface area contributed by atoms with Gasteiger partial charge in [0.2, 0.25) is 0 Å². The van der Waals surface area contributed by atoms with Gasteiger partial charge in [0, 0.05) is 24.2 Å². The van der Waals surface area contributed by atoms with Gasteiger partial charge in [-0.15, -0.1) is 10.2 Å². The highest BCUT2D eigenvalue weighted by molar-refractivity contribution is 6.37. The minimum Gasteiger partial charge on any atom is -0.322 e. The number of nitrogens with one attached hydrogen (secondary N) is 1. The van der Waals surface area contributed by atoms with Crippen molar-refractivity contribution in [2.75, 3.05) is 5.32 Å². The molecule has 0 atom stereocenters. The van der Waals surface area contributed by atoms with Crippen LogP contribution in [0.15, 0.2) is 30.3 Å². The molecule has 2 aromatic carbocycles. The van der Waals surface area contributed by atoms with Crippen molar-refractivity contribution >= 4 is 34.8 Å². The molecule has 1 N–H and O–H groups in total. The molecule has 8 heteroatoms. The lowest BCUT2D eigenvalue weighted by Gasteiger charge is -2.13. The van der Waals surface area contributed by atoms with Crippen molar-refractivity contribution < 1.29 is 9.18 Å². The Bertz CT molecular complexity index is 1100. The van der Waals surface area contributed by atoms with Crippen molar-refractivity contribution in [1.82, 2.24) is 14.8 Å². The molecule has 1 aliphatic rings. The summed E-state index contributed by atoms with van der Waals surface area (Å²) in [5.41, 5.74) is 2.35. The quantitative estimate of drug-likeness (QED) is 0.541. The van der Waals surface area contributed by atoms with E-state index in [0.29, 0.717) is 5.69 Å². The van der Waals surface area contributed by atoms with Crippen LogP contribution in [0.25, 0.3) is 11.4 Å². The van der Waals surface area contributed by atoms with Gasteiger partial charge in [0.25, 0.3) is 5.91 Å². The largest absolute Gasteiger partial charge is 0.322 e. The van der Waals surface area contributed by atoms with Crippen molar-refractivity contribution in [2.45, 2.75) is 39.2 Å². The molecule has 1 aromatic heterocycles. The first kappa shape index (κ1) is 19.9. The first-order chi connectivity index (χ1) is 13.9. The van der Waals surface area contributed by atoms with Crippen LogP contribution in [0.2, 0.25) is 10.0 Å². The SMILES string of the molecule is Cc1ccc(-c2nnc3n2CCCCC3)cc1NC(=O)c1cc(F)c(Cl)cc1Cl. The highest BCUT2D eigenvalue weighted by Crippen LogP contribution is 2.29. The molecule has 150 valence electrons. The summed E-state index contributed by atoms with van der Waals surface area (Å²) >= 11 is 11.8. The third kappa shape index (κ3) is 4.00. The number of hydrogen-bond donors (Lipinski definition) is 1. The summed E-state index contributed by atoms with van der Waals surface area (Å²) in [4.78, 5) is 12.7. The molecule has 0 aliphatic carbocycles. The molecule has 0 bridgehead atoms. The number of aryl methyl sites for hydroxylation is 2. The molecule has 29 heavy (non-hydrogen) atoms. The third-order valence-electron chi connectivity index (χ3n) is 5.11. The fourth-order valence-corrected chi connectivity index (χ4v) is 3.95. The Labute approximate surface area is 177 Å². The average Bonchev–Trinajstić information content (AvgIpc) is 2.94. The Hall–Kier alpha value is -2.44. The van der Waals surface area contributed by atoms with Crippen molar-refractivity contribution in [3.8, 4) is 11.4 Å². The van der Waals surface area contributed by atoms with Gasteiger partial charge in [0.1, 0.15) is 11.6 Å². The predicted molar refractivity (Wildman–Crippen MR) is 112 cm³/mol. The molecule has 5 nitrogen and oxygen atoms in total. The second-order valence-electron chi connectivity index (χ2n) is 7.13. The maximum absolute atomic E-state index is 13.8. The van der Waals surface area contributed by atoms with Crippen molar-refractivity contribution in [3.05, 3.63) is 63.1 Å². The minimum absolute atomic E-state index is 0.0229. The van der Waals surface area contributed by atoms with Crippen LogP contribution >= 0.6 is 23.2 Å². The molecule has 4 rings (SSSR count). The number of fused-ring (bicyclic) bond motifs is 1. The molecule has 0 saturated carbocycles. The van der Waals surface area contributed by atoms with E-state index in [9.17, 15) is 9.18 Å². The summed E-state index contributed by atoms with van der Waals surface area (Å²) in [5, 5.41) is 11.5. The standard InChI is InChI=1S/C21H19Cl2FN4O/c1-12-6-7-13(20-27-26-19-5-3-2-4-8-28(19)20)9-18(12)25-21(29)14-10-17(24)16(23)11-15(14)22/h6-7,9-11H,2-5,8H2,1H3,(H,25,29). The van der Waals surface area contributed by atoms with E-state index in [-0.39, 0.29) is 15.6 Å². The zero-order valence-electron chi connectivity index (χ0n) is 15.8. The van der Waals surface area contributed by atoms with E-state index in [4.69, 9.17) is 23.2 Å². The number of carbonyl (C=O) groups excluding carboxylic acids is 1. The van der Waals surface area contributed by atoms with E-state index in [1.54, 1.807) is 0 Å². The first-order valence-electron chi connectivity index (χ1n) is 9.43. The Morgan fingerprint density at radius 1 is 1.10 bits per heavy atom. The second-order valence-corrected chi connectivity index (χ2v) is 7.95. The third-order valence-corrected chi connectivity index (χ3v) is 5.71. The van der Waals surface area contributed by atoms with E-state index in [0.717, 1.165) is 54.6 Å². The van der Waals surface area contributed by atoms with E-state index in [2.05, 4.69) is 20.1 Å². The second kappa shape index (κ2) is 8.13. The lowest BCUT2D eigenvalue weighted by atomic mass is 10.1. The fourth-order valence-electron chi connectivity index (χ4n) is 3.48. The highest BCUT2D eigenvalue weighted by atomic mass is 35.5. The van der Waals surface area contributed by atoms with Gasteiger partial charge in [0.05, 0.1) is 15.6 Å². The van der Waals surface area contributed by atoms with E-state index >= 15 is 0 Å². The fraction of sp³-hybridized carbons (Fsp3) is 0.286. The molecule has 1 aliphatic heterocycles. The van der Waals surface area contributed by atoms with Crippen LogP contribution in [-0.4, -0.2) is 20.7 Å². The molecule has 2 heterocycles. The van der Waals surface area contributed by atoms with Crippen molar-refractivity contribution in [2.24, 2.45) is 0 Å². The average molecular weight is 433 g/mol. The van der Waals surface area contributed by atoms with Gasteiger partial charge in [-0.2, -0.15) is 0 Å². The Morgan fingerprint density at radius 2 is 1.93 bits per heavy atom. The lowest BCUT2D eigenvalue weighted by Crippen LogP contribution is -2.14. The van der Waals surface area contributed by atoms with Crippen LogP contribution in [0.4, 0.5) is 10.1 Å². The van der Waals surface area contributed by atoms with E-state index in [1.807, 2.05) is 25.1 Å². The summed E-state index contributed by atoms with van der Waals surface area (Å²) in [5.74, 6) is 0.573. The zero-order chi connectivity index (χ0) is 20.5. The zero-order valence-corrected chi connectivity index (χ0v) is 17.3. The lowest BCUT2D eigenvalue weighted by molar-refractivity contribution is 0.102. The Balaban J connectivity index is 1.66. The van der Waals surface area contributed by atoms with Crippen molar-refractivity contribution in [1.29, 1.82) is 0 Å². The number of nitrogens with zero attached hydrogens (tertiary/aromatic N) is 3. The number of halogens is 3. The number of carbonyl (C=O) groups is 1. The number of hydrogen-bond acceptors (Lipinski definition) is 3. The topological polar surface area (TPSA) is 59.8 Å². The molecule has 0 saturated heterocycles. The number of rotatable bonds is 3. The molecular formula is C21H19Cl2FN4O. The highest BCUT2D eigenvalue weighted by Gasteiger charge is 2.18. The van der Waals surface area contributed by atoms with Crippen LogP contribution in [0, 0.1) is 12.7 Å². The number of anilines is 1. The maximum Gasteiger partial charge on any atom is 0.257 e. The van der Waals surface area contributed by atoms with Crippen LogP contribution in [0.1, 0.15) is 41.0 Å². The normalized spacial score (nSPS) is 13.7. The van der Waals surface area contributed by atoms with Gasteiger partial charge >= 0.3 is 0 Å².